The Bertz CT molecular complexity index is 1280. The van der Waals surface area contributed by atoms with E-state index in [-0.39, 0.29) is 36.2 Å². The fourth-order valence-corrected chi connectivity index (χ4v) is 8.48. The highest BCUT2D eigenvalue weighted by molar-refractivity contribution is 6.42. The van der Waals surface area contributed by atoms with Crippen molar-refractivity contribution in [3.8, 4) is 0 Å². The Balaban J connectivity index is 1.36. The van der Waals surface area contributed by atoms with Gasteiger partial charge in [0.2, 0.25) is 5.71 Å². The number of hydrogen-bond donors (Lipinski definition) is 0. The molecule has 8 nitrogen and oxygen atoms in total. The molecule has 1 aromatic heterocycles. The van der Waals surface area contributed by atoms with E-state index < -0.39 is 5.97 Å². The van der Waals surface area contributed by atoms with Crippen LogP contribution < -0.4 is 5.56 Å². The molecule has 0 N–H and O–H groups in total. The predicted octanol–water partition coefficient (Wildman–Crippen LogP) is 5.62. The summed E-state index contributed by atoms with van der Waals surface area (Å²) in [4.78, 5) is 39.9. The van der Waals surface area contributed by atoms with Crippen molar-refractivity contribution < 1.29 is 14.4 Å². The Morgan fingerprint density at radius 2 is 1.57 bits per heavy atom. The quantitative estimate of drug-likeness (QED) is 0.254. The lowest BCUT2D eigenvalue weighted by Crippen LogP contribution is -2.58. The average Bonchev–Trinajstić information content (AvgIpc) is 3.12. The molecular weight excluding hydrogens is 504 g/mol. The molecule has 2 aliphatic carbocycles. The Morgan fingerprint density at radius 1 is 0.875 bits per heavy atom. The zero-order valence-corrected chi connectivity index (χ0v) is 24.1. The molecular formula is C32H44N4O4. The van der Waals surface area contributed by atoms with Gasteiger partial charge in [0, 0.05) is 24.2 Å². The Hall–Kier alpha value is -2.74. The third-order valence-corrected chi connectivity index (χ3v) is 9.92. The molecule has 4 aliphatic rings. The lowest BCUT2D eigenvalue weighted by atomic mass is 9.73. The molecule has 2 saturated carbocycles. The first-order valence-electron chi connectivity index (χ1n) is 15.7. The van der Waals surface area contributed by atoms with Crippen LogP contribution in [-0.4, -0.2) is 57.5 Å². The van der Waals surface area contributed by atoms with Crippen LogP contribution in [0.5, 0.6) is 0 Å². The van der Waals surface area contributed by atoms with Gasteiger partial charge in [0.05, 0.1) is 17.6 Å². The molecule has 216 valence electrons. The van der Waals surface area contributed by atoms with Gasteiger partial charge in [-0.05, 0) is 82.8 Å². The number of ether oxygens (including phenoxy) is 1. The molecule has 2 aliphatic heterocycles. The molecule has 6 rings (SSSR count). The second-order valence-electron chi connectivity index (χ2n) is 12.4. The zero-order chi connectivity index (χ0) is 27.6. The molecule has 1 aromatic carbocycles. The Kier molecular flexibility index (Phi) is 8.24. The first kappa shape index (κ1) is 27.4. The predicted molar refractivity (Wildman–Crippen MR) is 155 cm³/mol. The molecule has 2 saturated heterocycles. The number of piperidine rings is 2. The average molecular weight is 549 g/mol. The van der Waals surface area contributed by atoms with E-state index in [2.05, 4.69) is 15.0 Å². The standard InChI is InChI=1S/C32H44N4O4/c1-3-39-32(38)30(34-40-4-2)29-31(37)36(28-15-8-7-14-27(28)33-29)26-19-23-12-9-13-24(20-26)35(23)25-17-21-10-5-6-11-22(16-21)18-25/h7-8,14-15,21-26H,3-6,9-13,16-20H2,1-2H3/t21?,22?,23-,24?,25?,26?/m1/s1. The number of para-hydroxylation sites is 2. The van der Waals surface area contributed by atoms with Crippen LogP contribution in [0.4, 0.5) is 0 Å². The number of benzene rings is 1. The van der Waals surface area contributed by atoms with Crippen molar-refractivity contribution in [3.63, 3.8) is 0 Å². The molecule has 4 fully saturated rings. The third-order valence-electron chi connectivity index (χ3n) is 9.92. The van der Waals surface area contributed by atoms with E-state index >= 15 is 0 Å². The highest BCUT2D eigenvalue weighted by Crippen LogP contribution is 2.47. The lowest BCUT2D eigenvalue weighted by molar-refractivity contribution is -0.135. The minimum atomic E-state index is -0.687. The lowest BCUT2D eigenvalue weighted by Gasteiger charge is -2.54. The van der Waals surface area contributed by atoms with Gasteiger partial charge >= 0.3 is 5.97 Å². The third kappa shape index (κ3) is 5.31. The summed E-state index contributed by atoms with van der Waals surface area (Å²) in [5.74, 6) is 1.10. The molecule has 8 heteroatoms. The summed E-state index contributed by atoms with van der Waals surface area (Å²) in [6.45, 7) is 3.97. The van der Waals surface area contributed by atoms with E-state index in [1.165, 1.54) is 64.2 Å². The van der Waals surface area contributed by atoms with E-state index in [4.69, 9.17) is 9.57 Å². The van der Waals surface area contributed by atoms with Gasteiger partial charge < -0.3 is 14.1 Å². The minimum absolute atomic E-state index is 0.00884. The van der Waals surface area contributed by atoms with Crippen molar-refractivity contribution in [2.45, 2.75) is 115 Å². The van der Waals surface area contributed by atoms with Gasteiger partial charge in [0.25, 0.3) is 5.56 Å². The second-order valence-corrected chi connectivity index (χ2v) is 12.4. The van der Waals surface area contributed by atoms with Gasteiger partial charge in [-0.25, -0.2) is 9.78 Å². The van der Waals surface area contributed by atoms with Crippen LogP contribution >= 0.6 is 0 Å². The van der Waals surface area contributed by atoms with Gasteiger partial charge in [-0.2, -0.15) is 0 Å². The molecule has 3 heterocycles. The van der Waals surface area contributed by atoms with Crippen molar-refractivity contribution in [2.75, 3.05) is 13.2 Å². The molecule has 4 bridgehead atoms. The summed E-state index contributed by atoms with van der Waals surface area (Å²) in [5, 5.41) is 4.01. The summed E-state index contributed by atoms with van der Waals surface area (Å²) in [7, 11) is 0. The number of carbonyl (C=O) groups excluding carboxylic acids is 1. The van der Waals surface area contributed by atoms with Crippen molar-refractivity contribution >= 4 is 22.7 Å². The maximum atomic E-state index is 14.2. The summed E-state index contributed by atoms with van der Waals surface area (Å²) in [5.41, 5.74) is 1.06. The van der Waals surface area contributed by atoms with Gasteiger partial charge in [-0.3, -0.25) is 9.69 Å². The summed E-state index contributed by atoms with van der Waals surface area (Å²) in [6.07, 6.45) is 15.3. The van der Waals surface area contributed by atoms with E-state index in [9.17, 15) is 9.59 Å². The number of hydrogen-bond acceptors (Lipinski definition) is 7. The monoisotopic (exact) mass is 548 g/mol. The maximum Gasteiger partial charge on any atom is 0.362 e. The van der Waals surface area contributed by atoms with E-state index in [1.54, 1.807) is 13.8 Å². The Labute approximate surface area is 237 Å². The highest BCUT2D eigenvalue weighted by Gasteiger charge is 2.45. The fraction of sp³-hybridized carbons (Fsp3) is 0.688. The van der Waals surface area contributed by atoms with E-state index in [0.717, 1.165) is 30.2 Å². The molecule has 2 aromatic rings. The number of rotatable bonds is 7. The van der Waals surface area contributed by atoms with Crippen LogP contribution in [0, 0.1) is 11.8 Å². The number of carbonyl (C=O) groups is 1. The first-order chi connectivity index (χ1) is 19.6. The molecule has 4 unspecified atom stereocenters. The number of fused-ring (bicyclic) bond motifs is 5. The molecule has 0 amide bonds. The van der Waals surface area contributed by atoms with Gasteiger partial charge in [-0.15, -0.1) is 0 Å². The molecule has 40 heavy (non-hydrogen) atoms. The van der Waals surface area contributed by atoms with Crippen LogP contribution in [0.1, 0.15) is 103 Å². The van der Waals surface area contributed by atoms with E-state index in [0.29, 0.717) is 23.6 Å². The Morgan fingerprint density at radius 3 is 2.25 bits per heavy atom. The van der Waals surface area contributed by atoms with Crippen molar-refractivity contribution in [1.29, 1.82) is 0 Å². The summed E-state index contributed by atoms with van der Waals surface area (Å²) >= 11 is 0. The summed E-state index contributed by atoms with van der Waals surface area (Å²) in [6, 6.07) is 9.47. The van der Waals surface area contributed by atoms with Gasteiger partial charge in [0.1, 0.15) is 6.61 Å². The fourth-order valence-electron chi connectivity index (χ4n) is 8.48. The second kappa shape index (κ2) is 12.0. The van der Waals surface area contributed by atoms with Crippen molar-refractivity contribution in [1.82, 2.24) is 14.5 Å². The van der Waals surface area contributed by atoms with Crippen molar-refractivity contribution in [3.05, 3.63) is 40.3 Å². The number of nitrogens with zero attached hydrogens (tertiary/aromatic N) is 4. The number of oxime groups is 1. The summed E-state index contributed by atoms with van der Waals surface area (Å²) < 4.78 is 7.16. The smallest absolute Gasteiger partial charge is 0.362 e. The zero-order valence-electron chi connectivity index (χ0n) is 24.1. The molecule has 5 atom stereocenters. The van der Waals surface area contributed by atoms with Crippen LogP contribution in [0.15, 0.2) is 34.2 Å². The van der Waals surface area contributed by atoms with Gasteiger partial charge in [-0.1, -0.05) is 49.4 Å². The van der Waals surface area contributed by atoms with Crippen LogP contribution in [0.3, 0.4) is 0 Å². The maximum absolute atomic E-state index is 14.2. The minimum Gasteiger partial charge on any atom is -0.461 e. The normalized spacial score (nSPS) is 31.0. The van der Waals surface area contributed by atoms with Gasteiger partial charge in [0.15, 0.2) is 5.69 Å². The first-order valence-corrected chi connectivity index (χ1v) is 15.7. The van der Waals surface area contributed by atoms with Crippen molar-refractivity contribution in [2.24, 2.45) is 17.0 Å². The molecule has 0 radical (unpaired) electrons. The SMILES string of the molecule is CCON=C(C(=O)OCC)c1nc2ccccc2n(C2CC3CCC[C@H](C2)N3C2CC3CCCCC(C3)C2)c1=O. The topological polar surface area (TPSA) is 86.0 Å². The largest absolute Gasteiger partial charge is 0.461 e. The van der Waals surface area contributed by atoms with Crippen LogP contribution in [0.2, 0.25) is 0 Å². The van der Waals surface area contributed by atoms with Crippen LogP contribution in [-0.2, 0) is 14.4 Å². The highest BCUT2D eigenvalue weighted by atomic mass is 16.6. The molecule has 0 spiro atoms. The van der Waals surface area contributed by atoms with E-state index in [1.807, 2.05) is 28.8 Å². The number of esters is 1. The van der Waals surface area contributed by atoms with Crippen LogP contribution in [0.25, 0.3) is 11.0 Å². The number of aromatic nitrogens is 2.